The first-order chi connectivity index (χ1) is 16.4. The second kappa shape index (κ2) is 10.1. The molecule has 0 radical (unpaired) electrons. The van der Waals surface area contributed by atoms with Crippen molar-refractivity contribution in [2.24, 2.45) is 12.8 Å². The monoisotopic (exact) mass is 477 g/mol. The molecule has 0 spiro atoms. The minimum atomic E-state index is -0.647. The maximum atomic E-state index is 13.1. The first kappa shape index (κ1) is 23.6. The van der Waals surface area contributed by atoms with Crippen molar-refractivity contribution in [3.05, 3.63) is 65.9 Å². The number of rotatable bonds is 7. The summed E-state index contributed by atoms with van der Waals surface area (Å²) in [6.07, 6.45) is 1.25. The van der Waals surface area contributed by atoms with Gasteiger partial charge in [0.15, 0.2) is 10.9 Å². The number of amides is 2. The lowest BCUT2D eigenvalue weighted by Crippen LogP contribution is -2.47. The number of thioether (sulfide) groups is 1. The maximum absolute atomic E-state index is 13.1. The summed E-state index contributed by atoms with van der Waals surface area (Å²) in [6, 6.07) is 16.1. The molecule has 2 heterocycles. The van der Waals surface area contributed by atoms with Crippen LogP contribution in [0.3, 0.4) is 0 Å². The third-order valence-corrected chi connectivity index (χ3v) is 6.92. The lowest BCUT2D eigenvalue weighted by atomic mass is 10.1. The SMILES string of the molecule is CC(=O)C(NC(=O)[C@@H]1CCCN1C(=O)CSc1nc2ccccc2n1C)=C(N)c1ccccc1. The fourth-order valence-corrected chi connectivity index (χ4v) is 4.99. The van der Waals surface area contributed by atoms with Gasteiger partial charge in [-0.1, -0.05) is 54.2 Å². The van der Waals surface area contributed by atoms with Crippen molar-refractivity contribution >= 4 is 46.1 Å². The molecule has 1 saturated heterocycles. The second-order valence-electron chi connectivity index (χ2n) is 8.18. The number of aromatic nitrogens is 2. The molecule has 34 heavy (non-hydrogen) atoms. The Morgan fingerprint density at radius 3 is 2.53 bits per heavy atom. The summed E-state index contributed by atoms with van der Waals surface area (Å²) < 4.78 is 1.96. The summed E-state index contributed by atoms with van der Waals surface area (Å²) in [6.45, 7) is 1.85. The number of hydrogen-bond acceptors (Lipinski definition) is 6. The number of benzene rings is 2. The fourth-order valence-electron chi connectivity index (χ4n) is 4.11. The van der Waals surface area contributed by atoms with Crippen LogP contribution in [0.25, 0.3) is 16.7 Å². The average molecular weight is 478 g/mol. The number of para-hydroxylation sites is 2. The van der Waals surface area contributed by atoms with Crippen LogP contribution >= 0.6 is 11.8 Å². The fraction of sp³-hybridized carbons (Fsp3) is 0.280. The van der Waals surface area contributed by atoms with Crippen LogP contribution in [-0.4, -0.2) is 50.4 Å². The van der Waals surface area contributed by atoms with E-state index in [1.165, 1.54) is 18.7 Å². The van der Waals surface area contributed by atoms with E-state index in [2.05, 4.69) is 10.3 Å². The highest BCUT2D eigenvalue weighted by Crippen LogP contribution is 2.25. The molecule has 1 aliphatic rings. The molecule has 1 atom stereocenters. The highest BCUT2D eigenvalue weighted by Gasteiger charge is 2.35. The highest BCUT2D eigenvalue weighted by molar-refractivity contribution is 7.99. The first-order valence-electron chi connectivity index (χ1n) is 11.1. The Bertz CT molecular complexity index is 1270. The smallest absolute Gasteiger partial charge is 0.247 e. The van der Waals surface area contributed by atoms with Gasteiger partial charge in [-0.15, -0.1) is 0 Å². The molecule has 8 nitrogen and oxygen atoms in total. The van der Waals surface area contributed by atoms with Gasteiger partial charge in [0.2, 0.25) is 11.8 Å². The number of imidazole rings is 1. The van der Waals surface area contributed by atoms with E-state index in [0.29, 0.717) is 24.9 Å². The molecule has 4 rings (SSSR count). The van der Waals surface area contributed by atoms with Crippen molar-refractivity contribution < 1.29 is 14.4 Å². The van der Waals surface area contributed by atoms with Gasteiger partial charge in [0.25, 0.3) is 0 Å². The number of ketones is 1. The minimum Gasteiger partial charge on any atom is -0.396 e. The highest BCUT2D eigenvalue weighted by atomic mass is 32.2. The zero-order valence-corrected chi connectivity index (χ0v) is 20.0. The van der Waals surface area contributed by atoms with Gasteiger partial charge in [-0.05, 0) is 30.5 Å². The van der Waals surface area contributed by atoms with Crippen LogP contribution in [0.5, 0.6) is 0 Å². The van der Waals surface area contributed by atoms with Crippen LogP contribution in [0.1, 0.15) is 25.3 Å². The number of nitrogens with zero attached hydrogens (tertiary/aromatic N) is 3. The Balaban J connectivity index is 1.45. The zero-order chi connectivity index (χ0) is 24.2. The predicted molar refractivity (Wildman–Crippen MR) is 133 cm³/mol. The van der Waals surface area contributed by atoms with E-state index in [0.717, 1.165) is 16.2 Å². The standard InChI is InChI=1S/C25H27N5O3S/c1-16(31)23(22(26)17-9-4-3-5-10-17)28-24(33)20-13-8-14-30(20)21(32)15-34-25-27-18-11-6-7-12-19(18)29(25)2/h3-7,9-12,20H,8,13-15,26H2,1-2H3,(H,28,33)/t20-/m0/s1. The van der Waals surface area contributed by atoms with Crippen molar-refractivity contribution in [1.82, 2.24) is 19.8 Å². The Labute approximate surface area is 202 Å². The number of Topliss-reactive ketones (excluding diaryl/α,β-unsaturated/α-hetero) is 1. The maximum Gasteiger partial charge on any atom is 0.247 e. The summed E-state index contributed by atoms with van der Waals surface area (Å²) in [5.41, 5.74) is 8.95. The number of aryl methyl sites for hydroxylation is 1. The lowest BCUT2D eigenvalue weighted by Gasteiger charge is -2.24. The number of allylic oxidation sites excluding steroid dienone is 1. The number of hydrogen-bond donors (Lipinski definition) is 2. The van der Waals surface area contributed by atoms with Crippen LogP contribution in [0.15, 0.2) is 65.5 Å². The minimum absolute atomic E-state index is 0.0459. The Hall–Kier alpha value is -3.59. The number of carbonyl (C=O) groups is 3. The van der Waals surface area contributed by atoms with Crippen molar-refractivity contribution in [1.29, 1.82) is 0 Å². The predicted octanol–water partition coefficient (Wildman–Crippen LogP) is 2.69. The van der Waals surface area contributed by atoms with Gasteiger partial charge in [-0.25, -0.2) is 4.98 Å². The van der Waals surface area contributed by atoms with Gasteiger partial charge in [0.1, 0.15) is 11.7 Å². The van der Waals surface area contributed by atoms with E-state index in [1.807, 2.05) is 41.9 Å². The molecule has 1 aliphatic heterocycles. The molecule has 0 aliphatic carbocycles. The summed E-state index contributed by atoms with van der Waals surface area (Å²) in [4.78, 5) is 44.5. The van der Waals surface area contributed by atoms with Gasteiger partial charge < -0.3 is 20.5 Å². The van der Waals surface area contributed by atoms with Gasteiger partial charge in [0.05, 0.1) is 22.5 Å². The number of nitrogens with two attached hydrogens (primary N) is 1. The Kier molecular flexibility index (Phi) is 7.02. The largest absolute Gasteiger partial charge is 0.396 e. The van der Waals surface area contributed by atoms with Crippen molar-refractivity contribution in [3.8, 4) is 0 Å². The van der Waals surface area contributed by atoms with Crippen LogP contribution in [0.4, 0.5) is 0 Å². The van der Waals surface area contributed by atoms with Crippen molar-refractivity contribution in [3.63, 3.8) is 0 Å². The van der Waals surface area contributed by atoms with Crippen molar-refractivity contribution in [2.75, 3.05) is 12.3 Å². The van der Waals surface area contributed by atoms with Gasteiger partial charge in [-0.2, -0.15) is 0 Å². The number of carbonyl (C=O) groups excluding carboxylic acids is 3. The lowest BCUT2D eigenvalue weighted by molar-refractivity contribution is -0.136. The Morgan fingerprint density at radius 2 is 1.82 bits per heavy atom. The normalized spacial score (nSPS) is 16.4. The van der Waals surface area contributed by atoms with Crippen LogP contribution < -0.4 is 11.1 Å². The van der Waals surface area contributed by atoms with Crippen molar-refractivity contribution in [2.45, 2.75) is 31.0 Å². The van der Waals surface area contributed by atoms with E-state index >= 15 is 0 Å². The number of likely N-dealkylation sites (tertiary alicyclic amines) is 1. The Morgan fingerprint density at radius 1 is 1.12 bits per heavy atom. The van der Waals surface area contributed by atoms with E-state index in [-0.39, 0.29) is 28.8 Å². The topological polar surface area (TPSA) is 110 Å². The van der Waals surface area contributed by atoms with Gasteiger partial charge in [-0.3, -0.25) is 14.4 Å². The third-order valence-electron chi connectivity index (χ3n) is 5.90. The molecular weight excluding hydrogens is 450 g/mol. The van der Waals surface area contributed by atoms with E-state index < -0.39 is 11.9 Å². The molecule has 1 aromatic heterocycles. The molecule has 2 aromatic carbocycles. The molecule has 0 bridgehead atoms. The van der Waals surface area contributed by atoms with E-state index in [9.17, 15) is 14.4 Å². The number of nitrogens with one attached hydrogen (secondary N) is 1. The molecule has 3 N–H and O–H groups in total. The number of fused-ring (bicyclic) bond motifs is 1. The molecule has 176 valence electrons. The molecule has 9 heteroatoms. The molecule has 1 fully saturated rings. The van der Waals surface area contributed by atoms with E-state index in [1.54, 1.807) is 29.2 Å². The summed E-state index contributed by atoms with van der Waals surface area (Å²) in [7, 11) is 1.92. The second-order valence-corrected chi connectivity index (χ2v) is 9.12. The summed E-state index contributed by atoms with van der Waals surface area (Å²) in [5.74, 6) is -0.715. The third kappa shape index (κ3) is 4.84. The van der Waals surface area contributed by atoms with Crippen LogP contribution in [-0.2, 0) is 21.4 Å². The van der Waals surface area contributed by atoms with E-state index in [4.69, 9.17) is 5.73 Å². The molecule has 2 amide bonds. The summed E-state index contributed by atoms with van der Waals surface area (Å²) in [5, 5.41) is 3.43. The molecule has 0 saturated carbocycles. The zero-order valence-electron chi connectivity index (χ0n) is 19.2. The van der Waals surface area contributed by atoms with Crippen LogP contribution in [0.2, 0.25) is 0 Å². The van der Waals surface area contributed by atoms with Crippen LogP contribution in [0, 0.1) is 0 Å². The van der Waals surface area contributed by atoms with Gasteiger partial charge in [0, 0.05) is 20.5 Å². The molecule has 3 aromatic rings. The first-order valence-corrected chi connectivity index (χ1v) is 12.1. The molecular formula is C25H27N5O3S. The molecule has 0 unspecified atom stereocenters. The summed E-state index contributed by atoms with van der Waals surface area (Å²) >= 11 is 1.35. The quantitative estimate of drug-likeness (QED) is 0.400. The average Bonchev–Trinajstić information content (AvgIpc) is 3.46. The van der Waals surface area contributed by atoms with Gasteiger partial charge >= 0.3 is 0 Å².